The molecule has 0 spiro atoms. The first-order valence-electron chi connectivity index (χ1n) is 4.73. The van der Waals surface area contributed by atoms with Gasteiger partial charge in [0.05, 0.1) is 0 Å². The first kappa shape index (κ1) is 9.59. The van der Waals surface area contributed by atoms with Crippen LogP contribution in [-0.4, -0.2) is 10.9 Å². The molecule has 0 bridgehead atoms. The summed E-state index contributed by atoms with van der Waals surface area (Å²) in [6.45, 7) is 0. The molecule has 0 radical (unpaired) electrons. The lowest BCUT2D eigenvalue weighted by Crippen LogP contribution is -1.98. The van der Waals surface area contributed by atoms with Crippen LogP contribution in [0.5, 0.6) is 5.75 Å². The fourth-order valence-corrected chi connectivity index (χ4v) is 3.01. The Morgan fingerprint density at radius 3 is 2.86 bits per heavy atom. The van der Waals surface area contributed by atoms with E-state index in [9.17, 15) is 9.90 Å². The second-order valence-corrected chi connectivity index (χ2v) is 4.70. The van der Waals surface area contributed by atoms with Gasteiger partial charge >= 0.3 is 0 Å². The molecule has 1 aliphatic rings. The van der Waals surface area contributed by atoms with Crippen LogP contribution in [0.3, 0.4) is 0 Å². The smallest absolute Gasteiger partial charge is 0.220 e. The normalized spacial score (nSPS) is 21.0. The van der Waals surface area contributed by atoms with E-state index in [1.54, 1.807) is 6.07 Å². The fourth-order valence-electron chi connectivity index (χ4n) is 1.69. The minimum absolute atomic E-state index is 0.0746. The summed E-state index contributed by atoms with van der Waals surface area (Å²) in [4.78, 5) is 11.3. The Kier molecular flexibility index (Phi) is 2.77. The van der Waals surface area contributed by atoms with Crippen LogP contribution >= 0.6 is 11.8 Å². The van der Waals surface area contributed by atoms with E-state index in [0.29, 0.717) is 5.25 Å². The molecule has 1 heterocycles. The van der Waals surface area contributed by atoms with Crippen LogP contribution in [0, 0.1) is 0 Å². The molecule has 0 aliphatic carbocycles. The third kappa shape index (κ3) is 1.77. The van der Waals surface area contributed by atoms with E-state index in [1.165, 1.54) is 12.5 Å². The van der Waals surface area contributed by atoms with E-state index in [-0.39, 0.29) is 11.2 Å². The molecule has 1 fully saturated rings. The first-order valence-corrected chi connectivity index (χ1v) is 5.78. The lowest BCUT2D eigenvalue weighted by Gasteiger charge is -2.07. The summed E-state index contributed by atoms with van der Waals surface area (Å²) in [5, 5.41) is 9.99. The van der Waals surface area contributed by atoms with Crippen molar-refractivity contribution in [3.05, 3.63) is 40.1 Å². The fraction of sp³-hybridized carbons (Fsp3) is 0.364. The molecule has 1 aromatic carbocycles. The first-order chi connectivity index (χ1) is 6.79. The zero-order valence-corrected chi connectivity index (χ0v) is 8.59. The maximum absolute atomic E-state index is 11.3. The number of rotatable bonds is 1. The van der Waals surface area contributed by atoms with Crippen molar-refractivity contribution in [2.24, 2.45) is 0 Å². The molecule has 0 unspecified atom stereocenters. The minimum Gasteiger partial charge on any atom is -0.504 e. The number of aromatic hydroxyl groups is 1. The highest BCUT2D eigenvalue weighted by molar-refractivity contribution is 7.99. The van der Waals surface area contributed by atoms with E-state index in [1.807, 2.05) is 23.9 Å². The van der Waals surface area contributed by atoms with Crippen molar-refractivity contribution in [2.45, 2.75) is 18.1 Å². The molecule has 1 aliphatic heterocycles. The summed E-state index contributed by atoms with van der Waals surface area (Å²) in [7, 11) is 0. The van der Waals surface area contributed by atoms with Gasteiger partial charge in [-0.15, -0.1) is 0 Å². The quantitative estimate of drug-likeness (QED) is 0.769. The molecule has 14 heavy (non-hydrogen) atoms. The van der Waals surface area contributed by atoms with Gasteiger partial charge in [-0.3, -0.25) is 4.79 Å². The van der Waals surface area contributed by atoms with Crippen LogP contribution in [0.1, 0.15) is 23.7 Å². The van der Waals surface area contributed by atoms with E-state index in [4.69, 9.17) is 0 Å². The molecule has 1 saturated heterocycles. The molecule has 74 valence electrons. The number of thioether (sulfide) groups is 1. The van der Waals surface area contributed by atoms with Crippen LogP contribution in [0.4, 0.5) is 0 Å². The zero-order chi connectivity index (χ0) is 9.97. The third-order valence-corrected chi connectivity index (χ3v) is 3.83. The minimum atomic E-state index is -0.280. The van der Waals surface area contributed by atoms with Crippen molar-refractivity contribution in [3.63, 3.8) is 0 Å². The molecule has 1 N–H and O–H groups in total. The molecule has 2 nitrogen and oxygen atoms in total. The van der Waals surface area contributed by atoms with Crippen LogP contribution in [0.2, 0.25) is 0 Å². The molecule has 0 aromatic heterocycles. The Bertz CT molecular complexity index is 383. The van der Waals surface area contributed by atoms with Crippen LogP contribution < -0.4 is 5.43 Å². The highest BCUT2D eigenvalue weighted by Gasteiger charge is 2.20. The summed E-state index contributed by atoms with van der Waals surface area (Å²) in [5.41, 5.74) is 0.514. The van der Waals surface area contributed by atoms with E-state index in [2.05, 4.69) is 0 Å². The van der Waals surface area contributed by atoms with E-state index in [0.717, 1.165) is 17.7 Å². The average Bonchev–Trinajstić information content (AvgIpc) is 2.64. The largest absolute Gasteiger partial charge is 0.504 e. The average molecular weight is 208 g/mol. The molecule has 2 rings (SSSR count). The SMILES string of the molecule is O=c1ccccc([C@@H]2CCCS2)c1O. The Balaban J connectivity index is 2.47. The molecular formula is C11H12O2S. The van der Waals surface area contributed by atoms with Gasteiger partial charge in [0.25, 0.3) is 0 Å². The van der Waals surface area contributed by atoms with Crippen molar-refractivity contribution in [2.75, 3.05) is 5.75 Å². The van der Waals surface area contributed by atoms with Gasteiger partial charge in [-0.05, 0) is 24.7 Å². The van der Waals surface area contributed by atoms with Crippen LogP contribution in [0.15, 0.2) is 29.1 Å². The van der Waals surface area contributed by atoms with Gasteiger partial charge in [0.15, 0.2) is 5.75 Å². The van der Waals surface area contributed by atoms with Crippen molar-refractivity contribution in [1.82, 2.24) is 0 Å². The van der Waals surface area contributed by atoms with Crippen molar-refractivity contribution in [1.29, 1.82) is 0 Å². The second kappa shape index (κ2) is 4.05. The lowest BCUT2D eigenvalue weighted by molar-refractivity contribution is 0.463. The Hall–Kier alpha value is -0.960. The maximum Gasteiger partial charge on any atom is 0.220 e. The summed E-state index contributed by atoms with van der Waals surface area (Å²) in [6.07, 6.45) is 2.23. The van der Waals surface area contributed by atoms with E-state index < -0.39 is 0 Å². The predicted octanol–water partition coefficient (Wildman–Crippen LogP) is 2.32. The summed E-state index contributed by atoms with van der Waals surface area (Å²) >= 11 is 1.81. The lowest BCUT2D eigenvalue weighted by atomic mass is 10.1. The molecule has 1 aromatic rings. The van der Waals surface area contributed by atoms with Gasteiger partial charge in [0, 0.05) is 10.8 Å². The van der Waals surface area contributed by atoms with Gasteiger partial charge in [0.1, 0.15) is 0 Å². The second-order valence-electron chi connectivity index (χ2n) is 3.39. The summed E-state index contributed by atoms with van der Waals surface area (Å²) < 4.78 is 0. The van der Waals surface area contributed by atoms with E-state index >= 15 is 0 Å². The van der Waals surface area contributed by atoms with Gasteiger partial charge in [-0.2, -0.15) is 11.8 Å². The van der Waals surface area contributed by atoms with Crippen molar-refractivity contribution >= 4 is 11.8 Å². The Morgan fingerprint density at radius 1 is 1.36 bits per heavy atom. The predicted molar refractivity (Wildman–Crippen MR) is 58.8 cm³/mol. The van der Waals surface area contributed by atoms with Gasteiger partial charge in [0.2, 0.25) is 5.43 Å². The summed E-state index contributed by atoms with van der Waals surface area (Å²) in [6, 6.07) is 6.73. The summed E-state index contributed by atoms with van der Waals surface area (Å²) in [5.74, 6) is 1.05. The Labute approximate surface area is 87.0 Å². The molecule has 0 amide bonds. The third-order valence-electron chi connectivity index (χ3n) is 2.42. The highest BCUT2D eigenvalue weighted by atomic mass is 32.2. The molecule has 1 atom stereocenters. The zero-order valence-electron chi connectivity index (χ0n) is 7.77. The maximum atomic E-state index is 11.3. The van der Waals surface area contributed by atoms with Gasteiger partial charge < -0.3 is 5.11 Å². The molecule has 3 heteroatoms. The monoisotopic (exact) mass is 208 g/mol. The topological polar surface area (TPSA) is 37.3 Å². The number of hydrogen-bond acceptors (Lipinski definition) is 3. The Morgan fingerprint density at radius 2 is 2.14 bits per heavy atom. The molecular weight excluding hydrogens is 196 g/mol. The van der Waals surface area contributed by atoms with Crippen molar-refractivity contribution in [3.8, 4) is 5.75 Å². The van der Waals surface area contributed by atoms with Crippen LogP contribution in [0.25, 0.3) is 0 Å². The molecule has 0 saturated carbocycles. The number of hydrogen-bond donors (Lipinski definition) is 1. The van der Waals surface area contributed by atoms with Gasteiger partial charge in [-0.25, -0.2) is 0 Å². The van der Waals surface area contributed by atoms with Crippen molar-refractivity contribution < 1.29 is 5.11 Å². The highest BCUT2D eigenvalue weighted by Crippen LogP contribution is 2.41. The standard InChI is InChI=1S/C11H12O2S/c12-9-5-2-1-4-8(11(9)13)10-6-3-7-14-10/h1-2,4-5,10H,3,6-7H2,(H,12,13)/t10-/m0/s1. The van der Waals surface area contributed by atoms with Gasteiger partial charge in [-0.1, -0.05) is 18.2 Å². The van der Waals surface area contributed by atoms with Crippen LogP contribution in [-0.2, 0) is 0 Å².